The van der Waals surface area contributed by atoms with Crippen molar-refractivity contribution in [3.8, 4) is 17.2 Å². The first-order valence-electron chi connectivity index (χ1n) is 7.14. The van der Waals surface area contributed by atoms with E-state index < -0.39 is 5.60 Å². The van der Waals surface area contributed by atoms with E-state index in [1.807, 2.05) is 20.8 Å². The second-order valence-corrected chi connectivity index (χ2v) is 4.80. The van der Waals surface area contributed by atoms with E-state index in [2.05, 4.69) is 10.1 Å². The SMILES string of the molecule is CCOC(CC)(CC)c1noc(-c2cccc(N)c2O)n1. The maximum Gasteiger partial charge on any atom is 0.261 e. The average Bonchev–Trinajstić information content (AvgIpc) is 2.98. The van der Waals surface area contributed by atoms with E-state index in [1.165, 1.54) is 0 Å². The fourth-order valence-corrected chi connectivity index (χ4v) is 2.36. The molecule has 0 saturated carbocycles. The summed E-state index contributed by atoms with van der Waals surface area (Å²) in [5.74, 6) is 0.676. The van der Waals surface area contributed by atoms with Crippen LogP contribution in [-0.4, -0.2) is 21.9 Å². The van der Waals surface area contributed by atoms with Crippen LogP contribution in [0.25, 0.3) is 11.5 Å². The molecule has 6 nitrogen and oxygen atoms in total. The fourth-order valence-electron chi connectivity index (χ4n) is 2.36. The Bertz CT molecular complexity index is 606. The number of hydrogen-bond acceptors (Lipinski definition) is 6. The molecule has 0 atom stereocenters. The summed E-state index contributed by atoms with van der Waals surface area (Å²) in [6, 6.07) is 5.02. The summed E-state index contributed by atoms with van der Waals surface area (Å²) in [5.41, 5.74) is 5.82. The quantitative estimate of drug-likeness (QED) is 0.627. The molecular formula is C15H21N3O3. The van der Waals surface area contributed by atoms with Gasteiger partial charge in [0.25, 0.3) is 5.89 Å². The molecule has 1 aromatic heterocycles. The number of nitrogens with zero attached hydrogens (tertiary/aromatic N) is 2. The molecule has 0 bridgehead atoms. The van der Waals surface area contributed by atoms with Gasteiger partial charge in [-0.05, 0) is 31.9 Å². The van der Waals surface area contributed by atoms with Crippen LogP contribution in [0.1, 0.15) is 39.4 Å². The van der Waals surface area contributed by atoms with Crippen LogP contribution in [0.2, 0.25) is 0 Å². The van der Waals surface area contributed by atoms with Crippen molar-refractivity contribution in [1.29, 1.82) is 0 Å². The number of aromatic hydroxyl groups is 1. The standard InChI is InChI=1S/C15H21N3O3/c1-4-15(5-2,20-6-3)14-17-13(21-18-14)10-8-7-9-11(16)12(10)19/h7-9,19H,4-6,16H2,1-3H3. The topological polar surface area (TPSA) is 94.4 Å². The molecule has 2 rings (SSSR count). The number of phenols is 1. The Morgan fingerprint density at radius 2 is 2.00 bits per heavy atom. The van der Waals surface area contributed by atoms with Crippen LogP contribution in [0.3, 0.4) is 0 Å². The number of anilines is 1. The molecule has 0 spiro atoms. The predicted octanol–water partition coefficient (Wildman–Crippen LogP) is 3.08. The zero-order valence-corrected chi connectivity index (χ0v) is 12.6. The Hall–Kier alpha value is -2.08. The fraction of sp³-hybridized carbons (Fsp3) is 0.467. The van der Waals surface area contributed by atoms with Crippen molar-refractivity contribution in [1.82, 2.24) is 10.1 Å². The molecule has 2 aromatic rings. The molecule has 1 aromatic carbocycles. The van der Waals surface area contributed by atoms with E-state index in [0.29, 0.717) is 18.0 Å². The molecule has 0 aliphatic heterocycles. The summed E-state index contributed by atoms with van der Waals surface area (Å²) >= 11 is 0. The van der Waals surface area contributed by atoms with Crippen LogP contribution in [0.4, 0.5) is 5.69 Å². The lowest BCUT2D eigenvalue weighted by Crippen LogP contribution is -2.29. The van der Waals surface area contributed by atoms with Gasteiger partial charge in [-0.1, -0.05) is 25.1 Å². The van der Waals surface area contributed by atoms with Gasteiger partial charge in [-0.25, -0.2) is 0 Å². The molecule has 0 aliphatic rings. The number of benzene rings is 1. The second kappa shape index (κ2) is 6.13. The number of nitrogen functional groups attached to an aromatic ring is 1. The highest BCUT2D eigenvalue weighted by Gasteiger charge is 2.34. The maximum absolute atomic E-state index is 10.00. The third-order valence-corrected chi connectivity index (χ3v) is 3.69. The van der Waals surface area contributed by atoms with Crippen LogP contribution >= 0.6 is 0 Å². The number of ether oxygens (including phenoxy) is 1. The Kier molecular flexibility index (Phi) is 4.47. The van der Waals surface area contributed by atoms with E-state index in [-0.39, 0.29) is 17.3 Å². The first kappa shape index (κ1) is 15.3. The molecule has 1 heterocycles. The molecule has 6 heteroatoms. The lowest BCUT2D eigenvalue weighted by Gasteiger charge is -2.27. The summed E-state index contributed by atoms with van der Waals surface area (Å²) in [6.07, 6.45) is 1.47. The van der Waals surface area contributed by atoms with Crippen LogP contribution < -0.4 is 5.73 Å². The first-order valence-corrected chi connectivity index (χ1v) is 7.14. The maximum atomic E-state index is 10.00. The zero-order valence-electron chi connectivity index (χ0n) is 12.6. The van der Waals surface area contributed by atoms with E-state index >= 15 is 0 Å². The van der Waals surface area contributed by atoms with Gasteiger partial charge in [0.15, 0.2) is 5.75 Å². The van der Waals surface area contributed by atoms with Gasteiger partial charge in [0.1, 0.15) is 5.60 Å². The molecule has 114 valence electrons. The van der Waals surface area contributed by atoms with Gasteiger partial charge in [-0.2, -0.15) is 4.98 Å². The van der Waals surface area contributed by atoms with Gasteiger partial charge in [-0.3, -0.25) is 0 Å². The number of hydrogen-bond donors (Lipinski definition) is 2. The number of phenolic OH excluding ortho intramolecular Hbond substituents is 1. The molecule has 0 fully saturated rings. The van der Waals surface area contributed by atoms with Crippen LogP contribution in [0, 0.1) is 0 Å². The van der Waals surface area contributed by atoms with E-state index in [0.717, 1.165) is 12.8 Å². The van der Waals surface area contributed by atoms with Gasteiger partial charge in [0.05, 0.1) is 11.3 Å². The monoisotopic (exact) mass is 291 g/mol. The smallest absolute Gasteiger partial charge is 0.261 e. The lowest BCUT2D eigenvalue weighted by atomic mass is 9.96. The first-order chi connectivity index (χ1) is 10.1. The Labute approximate surface area is 123 Å². The van der Waals surface area contributed by atoms with Crippen molar-refractivity contribution in [3.63, 3.8) is 0 Å². The highest BCUT2D eigenvalue weighted by molar-refractivity contribution is 5.71. The van der Waals surface area contributed by atoms with E-state index in [4.69, 9.17) is 15.0 Å². The summed E-state index contributed by atoms with van der Waals surface area (Å²) < 4.78 is 11.1. The summed E-state index contributed by atoms with van der Waals surface area (Å²) in [6.45, 7) is 6.54. The van der Waals surface area contributed by atoms with Crippen LogP contribution in [0.15, 0.2) is 22.7 Å². The molecule has 3 N–H and O–H groups in total. The van der Waals surface area contributed by atoms with Crippen molar-refractivity contribution in [3.05, 3.63) is 24.0 Å². The van der Waals surface area contributed by atoms with Gasteiger partial charge < -0.3 is 20.1 Å². The third-order valence-electron chi connectivity index (χ3n) is 3.69. The summed E-state index contributed by atoms with van der Waals surface area (Å²) in [7, 11) is 0. The minimum absolute atomic E-state index is 0.0530. The third kappa shape index (κ3) is 2.71. The highest BCUT2D eigenvalue weighted by atomic mass is 16.5. The molecule has 0 aliphatic carbocycles. The minimum atomic E-state index is -0.563. The Morgan fingerprint density at radius 3 is 2.62 bits per heavy atom. The van der Waals surface area contributed by atoms with Gasteiger partial charge >= 0.3 is 0 Å². The van der Waals surface area contributed by atoms with Gasteiger partial charge in [0, 0.05) is 6.61 Å². The van der Waals surface area contributed by atoms with Crippen molar-refractivity contribution < 1.29 is 14.4 Å². The number of rotatable bonds is 6. The lowest BCUT2D eigenvalue weighted by molar-refractivity contribution is -0.0583. The Balaban J connectivity index is 2.43. The van der Waals surface area contributed by atoms with Gasteiger partial charge in [0.2, 0.25) is 5.82 Å². The molecule has 0 unspecified atom stereocenters. The number of para-hydroxylation sites is 1. The molecular weight excluding hydrogens is 270 g/mol. The highest BCUT2D eigenvalue weighted by Crippen LogP contribution is 2.36. The van der Waals surface area contributed by atoms with Crippen molar-refractivity contribution in [2.24, 2.45) is 0 Å². The number of aromatic nitrogens is 2. The minimum Gasteiger partial charge on any atom is -0.505 e. The summed E-state index contributed by atoms with van der Waals surface area (Å²) in [4.78, 5) is 4.40. The zero-order chi connectivity index (χ0) is 15.5. The van der Waals surface area contributed by atoms with Gasteiger partial charge in [-0.15, -0.1) is 0 Å². The largest absolute Gasteiger partial charge is 0.505 e. The normalized spacial score (nSPS) is 11.8. The molecule has 0 amide bonds. The molecule has 0 radical (unpaired) electrons. The van der Waals surface area contributed by atoms with Crippen molar-refractivity contribution in [2.45, 2.75) is 39.2 Å². The van der Waals surface area contributed by atoms with Crippen molar-refractivity contribution >= 4 is 5.69 Å². The molecule has 0 saturated heterocycles. The summed E-state index contributed by atoms with van der Waals surface area (Å²) in [5, 5.41) is 14.0. The van der Waals surface area contributed by atoms with E-state index in [1.54, 1.807) is 18.2 Å². The van der Waals surface area contributed by atoms with Crippen LogP contribution in [0.5, 0.6) is 5.75 Å². The Morgan fingerprint density at radius 1 is 1.29 bits per heavy atom. The van der Waals surface area contributed by atoms with Crippen LogP contribution in [-0.2, 0) is 10.3 Å². The number of nitrogens with two attached hydrogens (primary N) is 1. The average molecular weight is 291 g/mol. The second-order valence-electron chi connectivity index (χ2n) is 4.80. The van der Waals surface area contributed by atoms with Crippen molar-refractivity contribution in [2.75, 3.05) is 12.3 Å². The predicted molar refractivity (Wildman–Crippen MR) is 79.7 cm³/mol. The molecule has 21 heavy (non-hydrogen) atoms. The van der Waals surface area contributed by atoms with E-state index in [9.17, 15) is 5.11 Å².